The Kier molecular flexibility index (Phi) is 6.37. The predicted molar refractivity (Wildman–Crippen MR) is 126 cm³/mol. The van der Waals surface area contributed by atoms with Gasteiger partial charge in [0.05, 0.1) is 18.6 Å². The molecule has 0 radical (unpaired) electrons. The van der Waals surface area contributed by atoms with Crippen molar-refractivity contribution in [1.29, 1.82) is 5.26 Å². The number of amides is 1. The third-order valence-corrected chi connectivity index (χ3v) is 7.55. The lowest BCUT2D eigenvalue weighted by Gasteiger charge is -2.53. The Labute approximate surface area is 195 Å². The molecule has 2 aliphatic rings. The van der Waals surface area contributed by atoms with Gasteiger partial charge in [-0.2, -0.15) is 10.2 Å². The Morgan fingerprint density at radius 1 is 1.36 bits per heavy atom. The van der Waals surface area contributed by atoms with Crippen LogP contribution < -0.4 is 4.74 Å². The lowest BCUT2D eigenvalue weighted by molar-refractivity contribution is -0.00332. The standard InChI is InChI=1S/C26H31N5O2/c1-4-21-17-25(5-2,26(18-27)12-7-6-8-13-26)14-15-31(21)23(32)20-11-9-10-19(16-20)22-28-24(33-3)30-29-22/h6-12,16,21H,4-5,13-15,17H2,1-3H3,(H,28,29,30). The van der Waals surface area contributed by atoms with Gasteiger partial charge in [-0.15, -0.1) is 5.10 Å². The van der Waals surface area contributed by atoms with E-state index >= 15 is 0 Å². The predicted octanol–water partition coefficient (Wildman–Crippen LogP) is 4.92. The molecular weight excluding hydrogens is 414 g/mol. The van der Waals surface area contributed by atoms with Gasteiger partial charge in [-0.3, -0.25) is 9.89 Å². The van der Waals surface area contributed by atoms with Crippen LogP contribution in [-0.4, -0.2) is 45.7 Å². The van der Waals surface area contributed by atoms with Gasteiger partial charge in [-0.05, 0) is 49.7 Å². The average molecular weight is 446 g/mol. The molecule has 1 N–H and O–H groups in total. The number of nitrogens with zero attached hydrogens (tertiary/aromatic N) is 4. The summed E-state index contributed by atoms with van der Waals surface area (Å²) in [5.41, 5.74) is 0.760. The van der Waals surface area contributed by atoms with Crippen LogP contribution in [0.15, 0.2) is 48.6 Å². The minimum Gasteiger partial charge on any atom is -0.466 e. The second-order valence-corrected chi connectivity index (χ2v) is 8.97. The average Bonchev–Trinajstić information content (AvgIpc) is 3.38. The van der Waals surface area contributed by atoms with E-state index in [0.29, 0.717) is 17.9 Å². The summed E-state index contributed by atoms with van der Waals surface area (Å²) in [6.07, 6.45) is 12.4. The van der Waals surface area contributed by atoms with E-state index < -0.39 is 5.41 Å². The van der Waals surface area contributed by atoms with E-state index in [1.807, 2.05) is 41.3 Å². The van der Waals surface area contributed by atoms with Gasteiger partial charge in [-0.1, -0.05) is 50.3 Å². The maximum atomic E-state index is 13.6. The van der Waals surface area contributed by atoms with Crippen LogP contribution in [0.25, 0.3) is 11.4 Å². The fourth-order valence-corrected chi connectivity index (χ4v) is 5.50. The maximum absolute atomic E-state index is 13.6. The molecule has 7 heteroatoms. The number of H-pyrrole nitrogens is 1. The van der Waals surface area contributed by atoms with Gasteiger partial charge in [0.1, 0.15) is 0 Å². The minimum atomic E-state index is -0.510. The van der Waals surface area contributed by atoms with Crippen molar-refractivity contribution in [3.63, 3.8) is 0 Å². The summed E-state index contributed by atoms with van der Waals surface area (Å²) in [5.74, 6) is 0.579. The normalized spacial score (nSPS) is 26.7. The summed E-state index contributed by atoms with van der Waals surface area (Å²) in [4.78, 5) is 19.9. The number of aromatic amines is 1. The number of aromatic nitrogens is 3. The molecule has 33 heavy (non-hydrogen) atoms. The van der Waals surface area contributed by atoms with Gasteiger partial charge in [0.15, 0.2) is 5.82 Å². The number of nitrogens with one attached hydrogen (secondary N) is 1. The highest BCUT2D eigenvalue weighted by atomic mass is 16.5. The summed E-state index contributed by atoms with van der Waals surface area (Å²) in [5, 5.41) is 17.1. The maximum Gasteiger partial charge on any atom is 0.335 e. The number of piperidine rings is 1. The monoisotopic (exact) mass is 445 g/mol. The molecular formula is C26H31N5O2. The number of methoxy groups -OCH3 is 1. The Bertz CT molecular complexity index is 1110. The van der Waals surface area contributed by atoms with Crippen LogP contribution in [0.2, 0.25) is 0 Å². The summed E-state index contributed by atoms with van der Waals surface area (Å²) < 4.78 is 5.05. The molecule has 2 heterocycles. The van der Waals surface area contributed by atoms with Crippen molar-refractivity contribution in [2.75, 3.05) is 13.7 Å². The Balaban J connectivity index is 1.59. The van der Waals surface area contributed by atoms with Gasteiger partial charge < -0.3 is 9.64 Å². The molecule has 1 saturated heterocycles. The SMILES string of the molecule is CCC1CC(CC)(C2(C#N)C=CC=CC2)CCN1C(=O)c1cccc(-c2nc(OC)n[nH]2)c1. The molecule has 2 aromatic rings. The molecule has 1 aliphatic carbocycles. The number of likely N-dealkylation sites (tertiary alicyclic amines) is 1. The lowest BCUT2D eigenvalue weighted by atomic mass is 9.54. The van der Waals surface area contributed by atoms with Crippen LogP contribution in [0.4, 0.5) is 0 Å². The zero-order valence-electron chi connectivity index (χ0n) is 19.5. The summed E-state index contributed by atoms with van der Waals surface area (Å²) in [6, 6.07) is 10.5. The number of hydrogen-bond donors (Lipinski definition) is 1. The van der Waals surface area contributed by atoms with Crippen molar-refractivity contribution >= 4 is 5.91 Å². The molecule has 0 spiro atoms. The number of rotatable bonds is 6. The van der Waals surface area contributed by atoms with Gasteiger partial charge in [0, 0.05) is 23.7 Å². The topological polar surface area (TPSA) is 94.9 Å². The molecule has 0 bridgehead atoms. The van der Waals surface area contributed by atoms with Crippen molar-refractivity contribution in [1.82, 2.24) is 20.1 Å². The second-order valence-electron chi connectivity index (χ2n) is 8.97. The Morgan fingerprint density at radius 2 is 2.21 bits per heavy atom. The number of allylic oxidation sites excluding steroid dienone is 4. The van der Waals surface area contributed by atoms with Gasteiger partial charge in [0.2, 0.25) is 0 Å². The molecule has 1 amide bonds. The number of ether oxygens (including phenoxy) is 1. The van der Waals surface area contributed by atoms with Crippen LogP contribution in [-0.2, 0) is 0 Å². The number of nitriles is 1. The first-order valence-corrected chi connectivity index (χ1v) is 11.6. The number of carbonyl (C=O) groups excluding carboxylic acids is 1. The van der Waals surface area contributed by atoms with Crippen molar-refractivity contribution in [2.45, 2.75) is 52.0 Å². The van der Waals surface area contributed by atoms with Crippen molar-refractivity contribution in [2.24, 2.45) is 10.8 Å². The lowest BCUT2D eigenvalue weighted by Crippen LogP contribution is -2.54. The first kappa shape index (κ1) is 22.8. The van der Waals surface area contributed by atoms with Crippen molar-refractivity contribution in [3.05, 3.63) is 54.1 Å². The molecule has 1 aromatic carbocycles. The van der Waals surface area contributed by atoms with E-state index in [9.17, 15) is 10.1 Å². The minimum absolute atomic E-state index is 0.0185. The van der Waals surface area contributed by atoms with E-state index in [2.05, 4.69) is 47.3 Å². The first-order valence-electron chi connectivity index (χ1n) is 11.6. The molecule has 4 rings (SSSR count). The smallest absolute Gasteiger partial charge is 0.335 e. The Hall–Kier alpha value is -3.40. The van der Waals surface area contributed by atoms with Crippen LogP contribution in [0, 0.1) is 22.2 Å². The quantitative estimate of drug-likeness (QED) is 0.681. The first-order chi connectivity index (χ1) is 16.0. The molecule has 3 atom stereocenters. The molecule has 0 saturated carbocycles. The number of hydrogen-bond acceptors (Lipinski definition) is 5. The highest BCUT2D eigenvalue weighted by Crippen LogP contribution is 2.55. The fourth-order valence-electron chi connectivity index (χ4n) is 5.50. The number of benzene rings is 1. The largest absolute Gasteiger partial charge is 0.466 e. The van der Waals surface area contributed by atoms with Crippen molar-refractivity contribution in [3.8, 4) is 23.5 Å². The molecule has 172 valence electrons. The van der Waals surface area contributed by atoms with Crippen LogP contribution >= 0.6 is 0 Å². The molecule has 1 aromatic heterocycles. The molecule has 7 nitrogen and oxygen atoms in total. The van der Waals surface area contributed by atoms with E-state index in [0.717, 1.165) is 37.7 Å². The summed E-state index contributed by atoms with van der Waals surface area (Å²) >= 11 is 0. The van der Waals surface area contributed by atoms with Crippen molar-refractivity contribution < 1.29 is 9.53 Å². The van der Waals surface area contributed by atoms with E-state index in [-0.39, 0.29) is 23.4 Å². The summed E-state index contributed by atoms with van der Waals surface area (Å²) in [6.45, 7) is 4.96. The van der Waals surface area contributed by atoms with Gasteiger partial charge >= 0.3 is 6.01 Å². The van der Waals surface area contributed by atoms with E-state index in [1.165, 1.54) is 7.11 Å². The van der Waals surface area contributed by atoms with Crippen LogP contribution in [0.3, 0.4) is 0 Å². The van der Waals surface area contributed by atoms with Crippen LogP contribution in [0.5, 0.6) is 6.01 Å². The summed E-state index contributed by atoms with van der Waals surface area (Å²) in [7, 11) is 1.51. The fraction of sp³-hybridized carbons (Fsp3) is 0.462. The zero-order valence-corrected chi connectivity index (χ0v) is 19.5. The number of carbonyl (C=O) groups is 1. The van der Waals surface area contributed by atoms with Gasteiger partial charge in [0.25, 0.3) is 5.91 Å². The Morgan fingerprint density at radius 3 is 2.85 bits per heavy atom. The third kappa shape index (κ3) is 3.95. The van der Waals surface area contributed by atoms with E-state index in [4.69, 9.17) is 4.74 Å². The third-order valence-electron chi connectivity index (χ3n) is 7.55. The van der Waals surface area contributed by atoms with Gasteiger partial charge in [-0.25, -0.2) is 0 Å². The molecule has 3 unspecified atom stereocenters. The highest BCUT2D eigenvalue weighted by molar-refractivity contribution is 5.95. The highest BCUT2D eigenvalue weighted by Gasteiger charge is 2.52. The van der Waals surface area contributed by atoms with Crippen LogP contribution in [0.1, 0.15) is 56.3 Å². The van der Waals surface area contributed by atoms with E-state index in [1.54, 1.807) is 0 Å². The second kappa shape index (κ2) is 9.22. The molecule has 1 aliphatic heterocycles. The zero-order chi connectivity index (χ0) is 23.5. The molecule has 1 fully saturated rings.